The van der Waals surface area contributed by atoms with E-state index in [4.69, 9.17) is 16.3 Å². The van der Waals surface area contributed by atoms with Gasteiger partial charge in [-0.05, 0) is 56.6 Å². The summed E-state index contributed by atoms with van der Waals surface area (Å²) in [5.41, 5.74) is 2.12. The molecular formula is C16H20ClNO. The molecule has 0 aliphatic carbocycles. The molecule has 1 heterocycles. The Kier molecular flexibility index (Phi) is 5.57. The van der Waals surface area contributed by atoms with Gasteiger partial charge in [0.2, 0.25) is 0 Å². The van der Waals surface area contributed by atoms with Crippen LogP contribution in [0.1, 0.15) is 24.0 Å². The van der Waals surface area contributed by atoms with Crippen LogP contribution in [-0.2, 0) is 0 Å². The molecule has 3 heteroatoms. The van der Waals surface area contributed by atoms with Gasteiger partial charge in [-0.1, -0.05) is 11.8 Å². The zero-order chi connectivity index (χ0) is 13.5. The maximum absolute atomic E-state index is 5.84. The molecule has 0 bridgehead atoms. The highest BCUT2D eigenvalue weighted by atomic mass is 35.5. The molecule has 0 unspecified atom stereocenters. The summed E-state index contributed by atoms with van der Waals surface area (Å²) >= 11 is 5.55. The van der Waals surface area contributed by atoms with Crippen LogP contribution in [0.4, 0.5) is 0 Å². The van der Waals surface area contributed by atoms with Crippen molar-refractivity contribution in [1.82, 2.24) is 4.90 Å². The molecule has 0 spiro atoms. The molecular weight excluding hydrogens is 258 g/mol. The summed E-state index contributed by atoms with van der Waals surface area (Å²) in [7, 11) is 0. The fourth-order valence-electron chi connectivity index (χ4n) is 2.32. The maximum Gasteiger partial charge on any atom is 0.122 e. The Morgan fingerprint density at radius 3 is 2.79 bits per heavy atom. The molecule has 2 nitrogen and oxygen atoms in total. The number of benzene rings is 1. The normalized spacial score (nSPS) is 15.1. The number of ether oxygens (including phenoxy) is 1. The van der Waals surface area contributed by atoms with Crippen molar-refractivity contribution < 1.29 is 4.74 Å². The maximum atomic E-state index is 5.84. The van der Waals surface area contributed by atoms with Crippen molar-refractivity contribution in [2.45, 2.75) is 19.8 Å². The quantitative estimate of drug-likeness (QED) is 0.620. The van der Waals surface area contributed by atoms with Gasteiger partial charge in [0, 0.05) is 12.1 Å². The predicted octanol–water partition coefficient (Wildman–Crippen LogP) is 3.06. The summed E-state index contributed by atoms with van der Waals surface area (Å²) in [4.78, 5) is 2.45. The lowest BCUT2D eigenvalue weighted by Gasteiger charge is -2.15. The van der Waals surface area contributed by atoms with Crippen LogP contribution in [0.15, 0.2) is 18.2 Å². The average Bonchev–Trinajstić information content (AvgIpc) is 2.92. The zero-order valence-corrected chi connectivity index (χ0v) is 12.2. The van der Waals surface area contributed by atoms with E-state index in [0.717, 1.165) is 30.0 Å². The van der Waals surface area contributed by atoms with Crippen LogP contribution < -0.4 is 4.74 Å². The third-order valence-corrected chi connectivity index (χ3v) is 3.47. The standard InChI is InChI=1S/C16H20ClNO/c1-14-13-15(5-4-8-17)6-7-16(14)19-12-11-18-9-2-3-10-18/h6-7,13H,2-3,8-12H2,1H3. The Hall–Kier alpha value is -1.17. The molecule has 0 atom stereocenters. The molecule has 1 fully saturated rings. The summed E-state index contributed by atoms with van der Waals surface area (Å²) in [5, 5.41) is 0. The molecule has 102 valence electrons. The molecule has 0 aromatic heterocycles. The fraction of sp³-hybridized carbons (Fsp3) is 0.500. The van der Waals surface area contributed by atoms with Gasteiger partial charge in [-0.2, -0.15) is 0 Å². The molecule has 19 heavy (non-hydrogen) atoms. The highest BCUT2D eigenvalue weighted by Gasteiger charge is 2.11. The topological polar surface area (TPSA) is 12.5 Å². The third-order valence-electron chi connectivity index (χ3n) is 3.34. The van der Waals surface area contributed by atoms with Gasteiger partial charge in [-0.15, -0.1) is 11.6 Å². The SMILES string of the molecule is Cc1cc(C#CCCl)ccc1OCCN1CCCC1. The van der Waals surface area contributed by atoms with E-state index in [9.17, 15) is 0 Å². The summed E-state index contributed by atoms with van der Waals surface area (Å²) in [5.74, 6) is 7.20. The first kappa shape index (κ1) is 14.2. The van der Waals surface area contributed by atoms with Crippen molar-refractivity contribution in [3.05, 3.63) is 29.3 Å². The van der Waals surface area contributed by atoms with Crippen LogP contribution in [0.5, 0.6) is 5.75 Å². The lowest BCUT2D eigenvalue weighted by Crippen LogP contribution is -2.25. The number of aryl methyl sites for hydroxylation is 1. The van der Waals surface area contributed by atoms with Crippen LogP contribution in [0.25, 0.3) is 0 Å². The minimum absolute atomic E-state index is 0.368. The number of nitrogens with zero attached hydrogens (tertiary/aromatic N) is 1. The highest BCUT2D eigenvalue weighted by Crippen LogP contribution is 2.19. The molecule has 0 saturated carbocycles. The third kappa shape index (κ3) is 4.45. The van der Waals surface area contributed by atoms with Gasteiger partial charge >= 0.3 is 0 Å². The Balaban J connectivity index is 1.86. The Labute approximate surface area is 120 Å². The Bertz CT molecular complexity index is 469. The van der Waals surface area contributed by atoms with Crippen LogP contribution >= 0.6 is 11.6 Å². The first-order chi connectivity index (χ1) is 9.29. The Morgan fingerprint density at radius 1 is 1.32 bits per heavy atom. The van der Waals surface area contributed by atoms with Crippen molar-refractivity contribution in [3.63, 3.8) is 0 Å². The van der Waals surface area contributed by atoms with E-state index in [1.54, 1.807) is 0 Å². The van der Waals surface area contributed by atoms with Gasteiger partial charge in [0.25, 0.3) is 0 Å². The van der Waals surface area contributed by atoms with Gasteiger partial charge in [0.05, 0.1) is 5.88 Å². The monoisotopic (exact) mass is 277 g/mol. The second-order valence-corrected chi connectivity index (χ2v) is 5.08. The van der Waals surface area contributed by atoms with E-state index < -0.39 is 0 Å². The second-order valence-electron chi connectivity index (χ2n) is 4.81. The Morgan fingerprint density at radius 2 is 2.11 bits per heavy atom. The largest absolute Gasteiger partial charge is 0.492 e. The van der Waals surface area contributed by atoms with Gasteiger partial charge in [-0.25, -0.2) is 0 Å². The molecule has 1 aromatic carbocycles. The van der Waals surface area contributed by atoms with Crippen molar-refractivity contribution in [1.29, 1.82) is 0 Å². The van der Waals surface area contributed by atoms with Crippen molar-refractivity contribution in [2.24, 2.45) is 0 Å². The molecule has 2 rings (SSSR count). The summed E-state index contributed by atoms with van der Waals surface area (Å²) in [6.07, 6.45) is 2.65. The number of rotatable bonds is 4. The number of likely N-dealkylation sites (tertiary alicyclic amines) is 1. The first-order valence-electron chi connectivity index (χ1n) is 6.80. The average molecular weight is 278 g/mol. The summed E-state index contributed by atoms with van der Waals surface area (Å²) < 4.78 is 5.84. The summed E-state index contributed by atoms with van der Waals surface area (Å²) in [6.45, 7) is 6.27. The highest BCUT2D eigenvalue weighted by molar-refractivity contribution is 6.19. The van der Waals surface area contributed by atoms with E-state index in [1.807, 2.05) is 18.2 Å². The van der Waals surface area contributed by atoms with Gasteiger partial charge in [-0.3, -0.25) is 4.90 Å². The van der Waals surface area contributed by atoms with E-state index in [2.05, 4.69) is 23.7 Å². The molecule has 1 saturated heterocycles. The molecule has 0 amide bonds. The molecule has 1 aliphatic heterocycles. The van der Waals surface area contributed by atoms with Gasteiger partial charge in [0.1, 0.15) is 12.4 Å². The predicted molar refractivity (Wildman–Crippen MR) is 79.9 cm³/mol. The zero-order valence-electron chi connectivity index (χ0n) is 11.4. The fourth-order valence-corrected chi connectivity index (χ4v) is 2.38. The van der Waals surface area contributed by atoms with E-state index in [1.165, 1.54) is 25.9 Å². The number of hydrogen-bond acceptors (Lipinski definition) is 2. The number of halogens is 1. The smallest absolute Gasteiger partial charge is 0.122 e. The number of hydrogen-bond donors (Lipinski definition) is 0. The van der Waals surface area contributed by atoms with E-state index >= 15 is 0 Å². The lowest BCUT2D eigenvalue weighted by atomic mass is 10.1. The number of alkyl halides is 1. The molecule has 1 aromatic rings. The van der Waals surface area contributed by atoms with Gasteiger partial charge in [0.15, 0.2) is 0 Å². The minimum atomic E-state index is 0.368. The van der Waals surface area contributed by atoms with Crippen molar-refractivity contribution in [2.75, 3.05) is 32.1 Å². The van der Waals surface area contributed by atoms with Crippen LogP contribution in [0, 0.1) is 18.8 Å². The van der Waals surface area contributed by atoms with E-state index in [-0.39, 0.29) is 0 Å². The molecule has 0 N–H and O–H groups in total. The van der Waals surface area contributed by atoms with Crippen LogP contribution in [0.2, 0.25) is 0 Å². The molecule has 0 radical (unpaired) electrons. The van der Waals surface area contributed by atoms with Crippen molar-refractivity contribution >= 4 is 11.6 Å². The lowest BCUT2D eigenvalue weighted by molar-refractivity contribution is 0.237. The van der Waals surface area contributed by atoms with Crippen LogP contribution in [-0.4, -0.2) is 37.0 Å². The van der Waals surface area contributed by atoms with Crippen LogP contribution in [0.3, 0.4) is 0 Å². The second kappa shape index (κ2) is 7.43. The van der Waals surface area contributed by atoms with E-state index in [0.29, 0.717) is 5.88 Å². The minimum Gasteiger partial charge on any atom is -0.492 e. The molecule has 1 aliphatic rings. The van der Waals surface area contributed by atoms with Crippen molar-refractivity contribution in [3.8, 4) is 17.6 Å². The first-order valence-corrected chi connectivity index (χ1v) is 7.33. The summed E-state index contributed by atoms with van der Waals surface area (Å²) in [6, 6.07) is 6.03. The van der Waals surface area contributed by atoms with Gasteiger partial charge < -0.3 is 4.74 Å².